The topological polar surface area (TPSA) is 137 Å². The lowest BCUT2D eigenvalue weighted by Gasteiger charge is -2.50. The third kappa shape index (κ3) is 5.14. The van der Waals surface area contributed by atoms with Gasteiger partial charge in [0, 0.05) is 62.6 Å². The summed E-state index contributed by atoms with van der Waals surface area (Å²) in [6.07, 6.45) is 1.39. The second kappa shape index (κ2) is 11.5. The molecule has 0 aliphatic carbocycles. The van der Waals surface area contributed by atoms with E-state index in [1.165, 1.54) is 32.3 Å². The van der Waals surface area contributed by atoms with Crippen LogP contribution in [0.25, 0.3) is 22.4 Å². The fourth-order valence-electron chi connectivity index (χ4n) is 6.74. The Hall–Kier alpha value is -4.72. The molecule has 1 unspecified atom stereocenters. The smallest absolute Gasteiger partial charge is 0.264 e. The van der Waals surface area contributed by atoms with E-state index in [9.17, 15) is 19.5 Å². The molecule has 2 saturated heterocycles. The van der Waals surface area contributed by atoms with Crippen LogP contribution < -0.4 is 20.1 Å². The molecule has 47 heavy (non-hydrogen) atoms. The molecule has 4 aliphatic heterocycles. The van der Waals surface area contributed by atoms with Gasteiger partial charge in [0.25, 0.3) is 11.8 Å². The maximum absolute atomic E-state index is 16.3. The molecule has 7 rings (SSSR count). The van der Waals surface area contributed by atoms with Crippen LogP contribution in [0.3, 0.4) is 0 Å². The number of hydrogen-bond acceptors (Lipinski definition) is 9. The van der Waals surface area contributed by atoms with Crippen LogP contribution in [0.4, 0.5) is 10.1 Å². The molecule has 5 heterocycles. The van der Waals surface area contributed by atoms with Gasteiger partial charge < -0.3 is 30.1 Å². The first-order chi connectivity index (χ1) is 22.5. The second-order valence-electron chi connectivity index (χ2n) is 12.2. The van der Waals surface area contributed by atoms with Gasteiger partial charge in [0.2, 0.25) is 18.1 Å². The van der Waals surface area contributed by atoms with Crippen molar-refractivity contribution < 1.29 is 33.4 Å². The molecule has 2 fully saturated rings. The normalized spacial score (nSPS) is 21.6. The molecule has 2 aromatic carbocycles. The van der Waals surface area contributed by atoms with E-state index in [2.05, 4.69) is 20.5 Å². The van der Waals surface area contributed by atoms with E-state index in [0.717, 1.165) is 16.9 Å². The molecule has 0 saturated carbocycles. The van der Waals surface area contributed by atoms with Gasteiger partial charge in [-0.15, -0.1) is 0 Å². The van der Waals surface area contributed by atoms with Gasteiger partial charge in [0.05, 0.1) is 40.7 Å². The largest absolute Gasteiger partial charge is 0.491 e. The quantitative estimate of drug-likeness (QED) is 0.340. The van der Waals surface area contributed by atoms with Gasteiger partial charge >= 0.3 is 0 Å². The average Bonchev–Trinajstić information content (AvgIpc) is 3.65. The Balaban J connectivity index is 1.16. The Labute approximate surface area is 274 Å². The molecule has 3 amide bonds. The van der Waals surface area contributed by atoms with E-state index in [1.807, 2.05) is 0 Å². The molecule has 3 aromatic rings. The van der Waals surface area contributed by atoms with Gasteiger partial charge in [-0.2, -0.15) is 0 Å². The summed E-state index contributed by atoms with van der Waals surface area (Å²) in [5.41, 5.74) is 1.56. The number of ether oxygens (including phenoxy) is 2. The third-order valence-electron chi connectivity index (χ3n) is 9.25. The van der Waals surface area contributed by atoms with E-state index in [1.54, 1.807) is 42.5 Å². The highest BCUT2D eigenvalue weighted by atomic mass is 35.5. The monoisotopic (exact) mass is 662 g/mol. The first-order valence-corrected chi connectivity index (χ1v) is 15.4. The Bertz CT molecular complexity index is 1860. The van der Waals surface area contributed by atoms with Crippen molar-refractivity contribution in [1.82, 2.24) is 25.0 Å². The van der Waals surface area contributed by atoms with Gasteiger partial charge in [0.1, 0.15) is 23.7 Å². The van der Waals surface area contributed by atoms with Crippen molar-refractivity contribution in [3.8, 4) is 34.0 Å². The van der Waals surface area contributed by atoms with Gasteiger partial charge in [-0.1, -0.05) is 35.9 Å². The summed E-state index contributed by atoms with van der Waals surface area (Å²) in [6.45, 7) is 1.80. The van der Waals surface area contributed by atoms with Crippen molar-refractivity contribution in [3.05, 3.63) is 70.6 Å². The Morgan fingerprint density at radius 1 is 1.17 bits per heavy atom. The summed E-state index contributed by atoms with van der Waals surface area (Å²) in [5, 5.41) is 15.9. The second-order valence-corrected chi connectivity index (χ2v) is 12.6. The van der Waals surface area contributed by atoms with Crippen molar-refractivity contribution in [2.45, 2.75) is 30.8 Å². The number of pyridine rings is 1. The number of carbonyl (C=O) groups excluding carboxylic acids is 3. The van der Waals surface area contributed by atoms with Crippen LogP contribution in [-0.2, 0) is 14.4 Å². The Morgan fingerprint density at radius 3 is 2.62 bits per heavy atom. The van der Waals surface area contributed by atoms with E-state index < -0.39 is 24.0 Å². The number of likely N-dealkylation sites (tertiary alicyclic amines) is 1. The van der Waals surface area contributed by atoms with Crippen molar-refractivity contribution in [1.29, 1.82) is 0 Å². The van der Waals surface area contributed by atoms with Crippen LogP contribution in [0.5, 0.6) is 11.6 Å². The lowest BCUT2D eigenvalue weighted by molar-refractivity contribution is -0.149. The molecule has 0 bridgehead atoms. The fourth-order valence-corrected chi connectivity index (χ4v) is 7.02. The minimum atomic E-state index is -1.20. The predicted octanol–water partition coefficient (Wildman–Crippen LogP) is 3.12. The number of aliphatic hydroxyl groups excluding tert-OH is 1. The summed E-state index contributed by atoms with van der Waals surface area (Å²) in [7, 11) is 4.42. The van der Waals surface area contributed by atoms with Crippen LogP contribution in [0.2, 0.25) is 5.02 Å². The molecule has 12 nitrogen and oxygen atoms in total. The number of anilines is 1. The number of methoxy groups -OCH3 is 1. The molecule has 244 valence electrons. The van der Waals surface area contributed by atoms with Crippen LogP contribution in [0.1, 0.15) is 24.4 Å². The maximum Gasteiger partial charge on any atom is 0.264 e. The third-order valence-corrected chi connectivity index (χ3v) is 9.65. The number of amides is 3. The molecular formula is C33H32ClFN6O6. The highest BCUT2D eigenvalue weighted by Gasteiger charge is 2.51. The van der Waals surface area contributed by atoms with Crippen molar-refractivity contribution >= 4 is 35.0 Å². The zero-order valence-corrected chi connectivity index (χ0v) is 26.6. The molecule has 4 aliphatic rings. The van der Waals surface area contributed by atoms with Crippen LogP contribution >= 0.6 is 11.6 Å². The Morgan fingerprint density at radius 2 is 1.89 bits per heavy atom. The van der Waals surface area contributed by atoms with Gasteiger partial charge in [-0.25, -0.2) is 9.37 Å². The fraction of sp³-hybridized carbons (Fsp3) is 0.333. The predicted molar refractivity (Wildman–Crippen MR) is 170 cm³/mol. The number of aliphatic hydroxyl groups is 1. The molecule has 3 N–H and O–H groups in total. The number of benzene rings is 2. The standard InChI is InChI=1S/C33H32ClFN6O6/c1-39-13-20(31(44)40(2)32(39)45)29(43)36-21-9-5-6-17(27(21)34)18-7-4-8-19(28(18)35)22-12-24-26(30(37-22)46-3)23(14-47-24)41-15-33(16-41)11-10-25(42)38-33/h4-9,12-13,23,32,45H,10-11,14-16H2,1-3H3,(H,36,43)(H,38,42)/t23-,32?/m0/s1. The van der Waals surface area contributed by atoms with Crippen LogP contribution in [-0.4, -0.2) is 95.3 Å². The molecule has 1 aromatic heterocycles. The first-order valence-electron chi connectivity index (χ1n) is 15.0. The summed E-state index contributed by atoms with van der Waals surface area (Å²) >= 11 is 6.73. The van der Waals surface area contributed by atoms with E-state index in [4.69, 9.17) is 21.1 Å². The molecule has 14 heteroatoms. The molecule has 2 atom stereocenters. The van der Waals surface area contributed by atoms with Crippen molar-refractivity contribution in [2.24, 2.45) is 0 Å². The summed E-state index contributed by atoms with van der Waals surface area (Å²) in [6, 6.07) is 11.2. The van der Waals surface area contributed by atoms with E-state index in [0.29, 0.717) is 49.0 Å². The van der Waals surface area contributed by atoms with Gasteiger partial charge in [-0.05, 0) is 18.6 Å². The van der Waals surface area contributed by atoms with Crippen molar-refractivity contribution in [3.63, 3.8) is 0 Å². The van der Waals surface area contributed by atoms with E-state index in [-0.39, 0.29) is 44.9 Å². The molecule has 0 radical (unpaired) electrons. The average molecular weight is 663 g/mol. The number of fused-ring (bicyclic) bond motifs is 1. The number of nitrogens with one attached hydrogen (secondary N) is 2. The van der Waals surface area contributed by atoms with Crippen molar-refractivity contribution in [2.75, 3.05) is 46.2 Å². The maximum atomic E-state index is 16.3. The number of aromatic nitrogens is 1. The van der Waals surface area contributed by atoms with Gasteiger partial charge in [0.15, 0.2) is 0 Å². The number of hydrogen-bond donors (Lipinski definition) is 3. The molecule has 1 spiro atoms. The lowest BCUT2D eigenvalue weighted by atomic mass is 9.86. The minimum Gasteiger partial charge on any atom is -0.491 e. The number of likely N-dealkylation sites (N-methyl/N-ethyl adjacent to an activating group) is 1. The van der Waals surface area contributed by atoms with E-state index >= 15 is 4.39 Å². The highest BCUT2D eigenvalue weighted by Crippen LogP contribution is 2.47. The zero-order valence-electron chi connectivity index (χ0n) is 25.8. The Kier molecular flexibility index (Phi) is 7.57. The summed E-state index contributed by atoms with van der Waals surface area (Å²) < 4.78 is 28.1. The van der Waals surface area contributed by atoms with Crippen LogP contribution in [0.15, 0.2) is 54.2 Å². The SMILES string of the molecule is COc1nc(-c2cccc(-c3cccc(NC(=O)C4=CN(C)C(O)N(C)C4=O)c3Cl)c2F)cc2c1[C@@H](N1CC3(CCC(=O)N3)C1)CO2. The minimum absolute atomic E-state index is 0.0685. The summed E-state index contributed by atoms with van der Waals surface area (Å²) in [5.74, 6) is -1.03. The number of rotatable bonds is 6. The first kappa shape index (κ1) is 30.9. The zero-order chi connectivity index (χ0) is 33.2. The summed E-state index contributed by atoms with van der Waals surface area (Å²) in [4.78, 5) is 46.8. The molecular weight excluding hydrogens is 631 g/mol. The number of nitrogens with zero attached hydrogens (tertiary/aromatic N) is 4. The number of halogens is 2. The van der Waals surface area contributed by atoms with Crippen LogP contribution in [0, 0.1) is 5.82 Å². The van der Waals surface area contributed by atoms with Gasteiger partial charge in [-0.3, -0.25) is 24.2 Å². The highest BCUT2D eigenvalue weighted by molar-refractivity contribution is 6.37. The lowest BCUT2D eigenvalue weighted by Crippen LogP contribution is -2.67. The number of carbonyl (C=O) groups is 3.